The summed E-state index contributed by atoms with van der Waals surface area (Å²) in [5.41, 5.74) is 0.913. The molecule has 1 aliphatic heterocycles. The van der Waals surface area contributed by atoms with Crippen LogP contribution in [0.25, 0.3) is 10.2 Å². The molecule has 4 aromatic rings. The van der Waals surface area contributed by atoms with Crippen molar-refractivity contribution in [1.82, 2.24) is 4.98 Å². The van der Waals surface area contributed by atoms with Crippen LogP contribution in [0.4, 0.5) is 5.13 Å². The molecule has 11 heteroatoms. The maximum Gasteiger partial charge on any atom is 0.296 e. The average molecular weight is 551 g/mol. The highest BCUT2D eigenvalue weighted by molar-refractivity contribution is 7.22. The number of methoxy groups -OCH3 is 3. The lowest BCUT2D eigenvalue weighted by Crippen LogP contribution is -2.31. The summed E-state index contributed by atoms with van der Waals surface area (Å²) in [6.07, 6.45) is 0. The third-order valence-corrected chi connectivity index (χ3v) is 7.30. The molecular formula is C28H26N2O8S. The molecule has 0 aliphatic carbocycles. The Balaban J connectivity index is 1.71. The molecule has 1 N–H and O–H groups in total. The van der Waals surface area contributed by atoms with E-state index in [0.717, 1.165) is 4.70 Å². The van der Waals surface area contributed by atoms with Crippen molar-refractivity contribution in [3.8, 4) is 23.0 Å². The van der Waals surface area contributed by atoms with E-state index in [-0.39, 0.29) is 16.5 Å². The summed E-state index contributed by atoms with van der Waals surface area (Å²) < 4.78 is 28.4. The van der Waals surface area contributed by atoms with E-state index in [4.69, 9.17) is 23.4 Å². The first-order valence-electron chi connectivity index (χ1n) is 12.0. The molecule has 1 amide bonds. The average Bonchev–Trinajstić information content (AvgIpc) is 3.63. The van der Waals surface area contributed by atoms with Gasteiger partial charge in [-0.2, -0.15) is 0 Å². The summed E-state index contributed by atoms with van der Waals surface area (Å²) in [5.74, 6) is 0.0485. The first-order valence-corrected chi connectivity index (χ1v) is 12.8. The van der Waals surface area contributed by atoms with Gasteiger partial charge in [0.05, 0.1) is 49.8 Å². The van der Waals surface area contributed by atoms with Gasteiger partial charge in [-0.3, -0.25) is 14.5 Å². The second kappa shape index (κ2) is 10.3. The zero-order valence-electron chi connectivity index (χ0n) is 21.9. The molecule has 0 saturated carbocycles. The van der Waals surface area contributed by atoms with Gasteiger partial charge in [-0.15, -0.1) is 0 Å². The summed E-state index contributed by atoms with van der Waals surface area (Å²) >= 11 is 1.23. The Morgan fingerprint density at radius 1 is 1.08 bits per heavy atom. The number of fused-ring (bicyclic) bond motifs is 1. The van der Waals surface area contributed by atoms with Gasteiger partial charge in [-0.05, 0) is 61.9 Å². The number of aryl methyl sites for hydroxylation is 1. The fraction of sp³-hybridized carbons (Fsp3) is 0.250. The van der Waals surface area contributed by atoms with Crippen LogP contribution in [0.15, 0.2) is 58.2 Å². The van der Waals surface area contributed by atoms with Gasteiger partial charge in [-0.25, -0.2) is 4.98 Å². The quantitative estimate of drug-likeness (QED) is 0.273. The number of furan rings is 1. The van der Waals surface area contributed by atoms with Gasteiger partial charge >= 0.3 is 0 Å². The van der Waals surface area contributed by atoms with Gasteiger partial charge in [0.1, 0.15) is 11.5 Å². The molecule has 39 heavy (non-hydrogen) atoms. The lowest BCUT2D eigenvalue weighted by Gasteiger charge is -2.25. The number of aromatic nitrogens is 1. The van der Waals surface area contributed by atoms with Crippen LogP contribution in [0.5, 0.6) is 23.0 Å². The first kappa shape index (κ1) is 26.1. The van der Waals surface area contributed by atoms with Crippen molar-refractivity contribution in [2.24, 2.45) is 0 Å². The highest BCUT2D eigenvalue weighted by Crippen LogP contribution is 2.48. The Labute approximate surface area is 228 Å². The number of hydrogen-bond acceptors (Lipinski definition) is 10. The van der Waals surface area contributed by atoms with Crippen LogP contribution in [-0.2, 0) is 4.79 Å². The number of anilines is 1. The van der Waals surface area contributed by atoms with Crippen LogP contribution in [0.3, 0.4) is 0 Å². The third kappa shape index (κ3) is 4.44. The molecule has 0 bridgehead atoms. The molecule has 0 fully saturated rings. The maximum atomic E-state index is 13.7. The van der Waals surface area contributed by atoms with E-state index in [2.05, 4.69) is 4.98 Å². The molecular weight excluding hydrogens is 524 g/mol. The van der Waals surface area contributed by atoms with Crippen molar-refractivity contribution < 1.29 is 38.1 Å². The highest BCUT2D eigenvalue weighted by atomic mass is 32.1. The Kier molecular flexibility index (Phi) is 6.92. The summed E-state index contributed by atoms with van der Waals surface area (Å²) in [7, 11) is 4.41. The first-order chi connectivity index (χ1) is 18.8. The molecule has 1 atom stereocenters. The lowest BCUT2D eigenvalue weighted by atomic mass is 9.94. The van der Waals surface area contributed by atoms with Crippen LogP contribution in [0.1, 0.15) is 34.8 Å². The standard InChI is InChI=1S/C28H26N2O8S/c1-6-37-16-8-9-17-21(13-16)39-28(29-17)30-23(15-11-19(34-3)26(36-5)20(12-15)35-4)22(25(32)27(30)33)24(31)18-10-7-14(2)38-18/h7-13,23,32H,6H2,1-5H3/t23-/m0/s1. The number of amides is 1. The van der Waals surface area contributed by atoms with Crippen molar-refractivity contribution in [3.05, 3.63) is 70.9 Å². The molecule has 0 saturated heterocycles. The zero-order chi connectivity index (χ0) is 27.8. The van der Waals surface area contributed by atoms with Gasteiger partial charge in [-0.1, -0.05) is 11.3 Å². The number of aliphatic hydroxyl groups excluding tert-OH is 1. The molecule has 2 aromatic heterocycles. The number of thiazole rings is 1. The van der Waals surface area contributed by atoms with Crippen molar-refractivity contribution in [1.29, 1.82) is 0 Å². The minimum absolute atomic E-state index is 0.00759. The smallest absolute Gasteiger partial charge is 0.296 e. The number of aliphatic hydroxyl groups is 1. The maximum absolute atomic E-state index is 13.7. The number of Topliss-reactive ketones (excluding diaryl/α,β-unsaturated/α-hetero) is 1. The molecule has 1 aliphatic rings. The predicted molar refractivity (Wildman–Crippen MR) is 145 cm³/mol. The van der Waals surface area contributed by atoms with Crippen molar-refractivity contribution in [3.63, 3.8) is 0 Å². The fourth-order valence-electron chi connectivity index (χ4n) is 4.55. The van der Waals surface area contributed by atoms with Gasteiger partial charge in [0.15, 0.2) is 28.1 Å². The monoisotopic (exact) mass is 550 g/mol. The minimum atomic E-state index is -1.07. The van der Waals surface area contributed by atoms with E-state index >= 15 is 0 Å². The van der Waals surface area contributed by atoms with E-state index in [1.807, 2.05) is 13.0 Å². The summed E-state index contributed by atoms with van der Waals surface area (Å²) in [6.45, 7) is 4.09. The number of benzene rings is 2. The molecule has 202 valence electrons. The summed E-state index contributed by atoms with van der Waals surface area (Å²) in [6, 6.07) is 10.7. The predicted octanol–water partition coefficient (Wildman–Crippen LogP) is 5.41. The molecule has 0 radical (unpaired) electrons. The van der Waals surface area contributed by atoms with Crippen LogP contribution < -0.4 is 23.8 Å². The van der Waals surface area contributed by atoms with Crippen LogP contribution in [0.2, 0.25) is 0 Å². The number of ether oxygens (including phenoxy) is 4. The Hall–Kier alpha value is -4.51. The number of nitrogens with zero attached hydrogens (tertiary/aromatic N) is 2. The second-order valence-electron chi connectivity index (χ2n) is 8.60. The Morgan fingerprint density at radius 3 is 2.38 bits per heavy atom. The summed E-state index contributed by atoms with van der Waals surface area (Å²) in [5, 5.41) is 11.4. The van der Waals surface area contributed by atoms with Gasteiger partial charge in [0.25, 0.3) is 5.91 Å². The SMILES string of the molecule is CCOc1ccc2nc(N3C(=O)C(O)=C(C(=O)c4ccc(C)o4)[C@@H]3c3cc(OC)c(OC)c(OC)c3)sc2c1. The topological polar surface area (TPSA) is 121 Å². The van der Waals surface area contributed by atoms with Crippen LogP contribution in [-0.4, -0.2) is 49.7 Å². The lowest BCUT2D eigenvalue weighted by molar-refractivity contribution is -0.117. The highest BCUT2D eigenvalue weighted by Gasteiger charge is 2.47. The van der Waals surface area contributed by atoms with Crippen LogP contribution >= 0.6 is 11.3 Å². The van der Waals surface area contributed by atoms with E-state index < -0.39 is 23.5 Å². The van der Waals surface area contributed by atoms with Crippen molar-refractivity contribution >= 4 is 38.4 Å². The zero-order valence-corrected chi connectivity index (χ0v) is 22.8. The molecule has 0 spiro atoms. The third-order valence-electron chi connectivity index (χ3n) is 6.29. The Bertz CT molecular complexity index is 1590. The normalized spacial score (nSPS) is 15.3. The van der Waals surface area contributed by atoms with E-state index in [1.165, 1.54) is 43.6 Å². The molecule has 3 heterocycles. The number of carbonyl (C=O) groups excluding carboxylic acids is 2. The fourth-order valence-corrected chi connectivity index (χ4v) is 5.57. The van der Waals surface area contributed by atoms with Crippen molar-refractivity contribution in [2.45, 2.75) is 19.9 Å². The summed E-state index contributed by atoms with van der Waals surface area (Å²) in [4.78, 5) is 33.2. The van der Waals surface area contributed by atoms with E-state index in [9.17, 15) is 14.7 Å². The van der Waals surface area contributed by atoms with Gasteiger partial charge in [0, 0.05) is 0 Å². The molecule has 10 nitrogen and oxygen atoms in total. The number of ketones is 1. The largest absolute Gasteiger partial charge is 0.503 e. The number of hydrogen-bond donors (Lipinski definition) is 1. The van der Waals surface area contributed by atoms with Gasteiger partial charge in [0.2, 0.25) is 11.5 Å². The second-order valence-corrected chi connectivity index (χ2v) is 9.61. The number of rotatable bonds is 9. The molecule has 5 rings (SSSR count). The van der Waals surface area contributed by atoms with E-state index in [0.29, 0.717) is 46.4 Å². The minimum Gasteiger partial charge on any atom is -0.503 e. The van der Waals surface area contributed by atoms with E-state index in [1.54, 1.807) is 37.3 Å². The Morgan fingerprint density at radius 2 is 1.79 bits per heavy atom. The molecule has 0 unspecified atom stereocenters. The molecule has 2 aromatic carbocycles. The van der Waals surface area contributed by atoms with Crippen molar-refractivity contribution in [2.75, 3.05) is 32.8 Å². The van der Waals surface area contributed by atoms with Gasteiger partial charge < -0.3 is 28.5 Å². The van der Waals surface area contributed by atoms with Crippen LogP contribution in [0, 0.1) is 6.92 Å². The number of carbonyl (C=O) groups is 2.